The minimum atomic E-state index is -4.67. The molecule has 1 saturated carbocycles. The third-order valence-corrected chi connectivity index (χ3v) is 2.76. The maximum atomic E-state index is 11.2. The molecule has 2 unspecified atom stereocenters. The average Bonchev–Trinajstić information content (AvgIpc) is 2.52. The van der Waals surface area contributed by atoms with Crippen molar-refractivity contribution in [3.63, 3.8) is 0 Å². The second kappa shape index (κ2) is 8.03. The number of hydrogen-bond donors (Lipinski definition) is 3. The molecule has 0 heterocycles. The van der Waals surface area contributed by atoms with E-state index in [1.807, 2.05) is 19.1 Å². The van der Waals surface area contributed by atoms with Gasteiger partial charge in [-0.1, -0.05) is 12.2 Å². The molecule has 8 heteroatoms. The van der Waals surface area contributed by atoms with E-state index in [0.29, 0.717) is 12.8 Å². The Morgan fingerprint density at radius 1 is 1.32 bits per heavy atom. The molecule has 110 valence electrons. The molecule has 3 N–H and O–H groups in total. The van der Waals surface area contributed by atoms with Crippen molar-refractivity contribution in [1.29, 1.82) is 0 Å². The number of hydrogen-bond acceptors (Lipinski definition) is 4. The molecule has 0 radical (unpaired) electrons. The number of aliphatic carboxylic acids is 1. The number of Topliss-reactive ketones (excluding diaryl/α,β-unsaturated/α-hetero) is 1. The molecule has 19 heavy (non-hydrogen) atoms. The Morgan fingerprint density at radius 2 is 1.79 bits per heavy atom. The number of carbonyl (C=O) groups excluding carboxylic acids is 1. The predicted octanol–water partition coefficient (Wildman–Crippen LogP) is 1.37. The molecule has 0 bridgehead atoms. The van der Waals surface area contributed by atoms with Crippen LogP contribution in [0.3, 0.4) is 0 Å². The van der Waals surface area contributed by atoms with E-state index >= 15 is 0 Å². The Balaban J connectivity index is 0.000000555. The highest BCUT2D eigenvalue weighted by atomic mass is 32.3. The minimum Gasteiger partial charge on any atom is -0.481 e. The summed E-state index contributed by atoms with van der Waals surface area (Å²) in [6.45, 7) is 1.93. The average molecular weight is 294 g/mol. The summed E-state index contributed by atoms with van der Waals surface area (Å²) in [5.74, 6) is -0.285. The quantitative estimate of drug-likeness (QED) is 0.527. The monoisotopic (exact) mass is 294 g/mol. The van der Waals surface area contributed by atoms with Gasteiger partial charge in [0.1, 0.15) is 5.78 Å². The molecule has 1 rings (SSSR count). The summed E-state index contributed by atoms with van der Waals surface area (Å²) < 4.78 is 31.6. The van der Waals surface area contributed by atoms with E-state index < -0.39 is 16.4 Å². The van der Waals surface area contributed by atoms with Crippen LogP contribution in [-0.4, -0.2) is 34.4 Å². The highest BCUT2D eigenvalue weighted by Gasteiger charge is 2.33. The molecule has 7 nitrogen and oxygen atoms in total. The number of carbonyl (C=O) groups is 2. The molecule has 1 aliphatic rings. The van der Waals surface area contributed by atoms with Crippen LogP contribution in [0.25, 0.3) is 0 Å². The SMILES string of the molecule is C/C=C\CC1CC(=O)CC1CC(=O)O.O=S(=O)(O)O. The van der Waals surface area contributed by atoms with Crippen molar-refractivity contribution < 1.29 is 32.2 Å². The van der Waals surface area contributed by atoms with E-state index in [9.17, 15) is 9.59 Å². The van der Waals surface area contributed by atoms with Crippen molar-refractivity contribution in [2.45, 2.75) is 32.6 Å². The lowest BCUT2D eigenvalue weighted by Gasteiger charge is -2.14. The lowest BCUT2D eigenvalue weighted by atomic mass is 9.90. The number of carboxylic acid groups (broad SMARTS) is 1. The van der Waals surface area contributed by atoms with Gasteiger partial charge >= 0.3 is 16.4 Å². The fourth-order valence-electron chi connectivity index (χ4n) is 2.05. The van der Waals surface area contributed by atoms with Crippen molar-refractivity contribution >= 4 is 22.2 Å². The summed E-state index contributed by atoms with van der Waals surface area (Å²) >= 11 is 0. The van der Waals surface area contributed by atoms with E-state index in [1.54, 1.807) is 0 Å². The van der Waals surface area contributed by atoms with E-state index in [4.69, 9.17) is 22.6 Å². The summed E-state index contributed by atoms with van der Waals surface area (Å²) in [6.07, 6.45) is 5.93. The number of allylic oxidation sites excluding steroid dienone is 2. The lowest BCUT2D eigenvalue weighted by Crippen LogP contribution is -2.12. The molecular weight excluding hydrogens is 276 g/mol. The number of ketones is 1. The van der Waals surface area contributed by atoms with Gasteiger partial charge in [0.2, 0.25) is 0 Å². The molecule has 1 aliphatic carbocycles. The van der Waals surface area contributed by atoms with Crippen LogP contribution in [0.1, 0.15) is 32.6 Å². The largest absolute Gasteiger partial charge is 0.481 e. The topological polar surface area (TPSA) is 129 Å². The molecule has 1 fully saturated rings. The zero-order valence-corrected chi connectivity index (χ0v) is 11.3. The molecule has 0 amide bonds. The smallest absolute Gasteiger partial charge is 0.394 e. The van der Waals surface area contributed by atoms with E-state index in [0.717, 1.165) is 6.42 Å². The normalized spacial score (nSPS) is 23.2. The lowest BCUT2D eigenvalue weighted by molar-refractivity contribution is -0.138. The van der Waals surface area contributed by atoms with Crippen LogP contribution >= 0.6 is 0 Å². The molecule has 0 aromatic heterocycles. The Hall–Kier alpha value is -1.25. The minimum absolute atomic E-state index is 0.0520. The highest BCUT2D eigenvalue weighted by Crippen LogP contribution is 2.34. The summed E-state index contributed by atoms with van der Waals surface area (Å²) in [5, 5.41) is 8.67. The molecule has 2 atom stereocenters. The maximum Gasteiger partial charge on any atom is 0.394 e. The Bertz CT molecular complexity index is 430. The van der Waals surface area contributed by atoms with Crippen molar-refractivity contribution in [3.05, 3.63) is 12.2 Å². The van der Waals surface area contributed by atoms with Crippen molar-refractivity contribution in [2.24, 2.45) is 11.8 Å². The van der Waals surface area contributed by atoms with Gasteiger partial charge in [0.25, 0.3) is 0 Å². The second-order valence-electron chi connectivity index (χ2n) is 4.32. The van der Waals surface area contributed by atoms with E-state index in [-0.39, 0.29) is 24.0 Å². The first-order valence-electron chi connectivity index (χ1n) is 5.68. The van der Waals surface area contributed by atoms with Crippen LogP contribution in [0.5, 0.6) is 0 Å². The second-order valence-corrected chi connectivity index (χ2v) is 5.21. The molecule has 0 aromatic carbocycles. The van der Waals surface area contributed by atoms with Gasteiger partial charge in [0, 0.05) is 19.3 Å². The molecule has 0 aliphatic heterocycles. The predicted molar refractivity (Wildman–Crippen MR) is 67.1 cm³/mol. The Labute approximate surface area is 111 Å². The van der Waals surface area contributed by atoms with Gasteiger partial charge in [-0.3, -0.25) is 18.7 Å². The van der Waals surface area contributed by atoms with Crippen LogP contribution in [0.15, 0.2) is 12.2 Å². The molecule has 0 aromatic rings. The van der Waals surface area contributed by atoms with Crippen molar-refractivity contribution in [3.8, 4) is 0 Å². The summed E-state index contributed by atoms with van der Waals surface area (Å²) in [7, 11) is -4.67. The molecule has 0 spiro atoms. The van der Waals surface area contributed by atoms with Crippen molar-refractivity contribution in [2.75, 3.05) is 0 Å². The zero-order valence-electron chi connectivity index (χ0n) is 10.5. The van der Waals surface area contributed by atoms with Crippen LogP contribution in [0.2, 0.25) is 0 Å². The summed E-state index contributed by atoms with van der Waals surface area (Å²) in [5.41, 5.74) is 0. The van der Waals surface area contributed by atoms with Gasteiger partial charge in [-0.2, -0.15) is 8.42 Å². The van der Waals surface area contributed by atoms with E-state index in [2.05, 4.69) is 0 Å². The summed E-state index contributed by atoms with van der Waals surface area (Å²) in [6, 6.07) is 0. The van der Waals surface area contributed by atoms with Gasteiger partial charge in [-0.15, -0.1) is 0 Å². The van der Waals surface area contributed by atoms with Crippen LogP contribution in [-0.2, 0) is 20.0 Å². The zero-order chi connectivity index (χ0) is 15.1. The first-order chi connectivity index (χ1) is 8.63. The summed E-state index contributed by atoms with van der Waals surface area (Å²) in [4.78, 5) is 21.7. The van der Waals surface area contributed by atoms with Crippen LogP contribution in [0, 0.1) is 11.8 Å². The standard InChI is InChI=1S/C11H16O3.H2O4S/c1-2-3-4-8-5-10(12)6-9(8)7-11(13)14;1-5(2,3)4/h2-3,8-9H,4-7H2,1H3,(H,13,14);(H2,1,2,3,4)/b3-2-;. The van der Waals surface area contributed by atoms with E-state index in [1.165, 1.54) is 0 Å². The highest BCUT2D eigenvalue weighted by molar-refractivity contribution is 7.79. The van der Waals surface area contributed by atoms with Gasteiger partial charge in [-0.05, 0) is 25.2 Å². The third kappa shape index (κ3) is 10.4. The van der Waals surface area contributed by atoms with Crippen LogP contribution < -0.4 is 0 Å². The molecular formula is C11H18O7S. The molecule has 0 saturated heterocycles. The fraction of sp³-hybridized carbons (Fsp3) is 0.636. The van der Waals surface area contributed by atoms with Gasteiger partial charge in [0.05, 0.1) is 0 Å². The van der Waals surface area contributed by atoms with Crippen LogP contribution in [0.4, 0.5) is 0 Å². The van der Waals surface area contributed by atoms with Gasteiger partial charge in [0.15, 0.2) is 0 Å². The third-order valence-electron chi connectivity index (χ3n) is 2.76. The maximum absolute atomic E-state index is 11.2. The number of carboxylic acids is 1. The van der Waals surface area contributed by atoms with Crippen molar-refractivity contribution in [1.82, 2.24) is 0 Å². The van der Waals surface area contributed by atoms with Gasteiger partial charge in [-0.25, -0.2) is 0 Å². The Morgan fingerprint density at radius 3 is 2.21 bits per heavy atom. The first-order valence-corrected chi connectivity index (χ1v) is 7.07. The first kappa shape index (κ1) is 17.8. The van der Waals surface area contributed by atoms with Gasteiger partial charge < -0.3 is 5.11 Å². The fourth-order valence-corrected chi connectivity index (χ4v) is 2.05. The number of rotatable bonds is 4. The Kier molecular flexibility index (Phi) is 7.50.